The van der Waals surface area contributed by atoms with Gasteiger partial charge in [-0.1, -0.05) is 6.07 Å². The average molecular weight is 226 g/mol. The first-order valence-electron chi connectivity index (χ1n) is 5.32. The lowest BCUT2D eigenvalue weighted by Gasteiger charge is -2.13. The van der Waals surface area contributed by atoms with Crippen molar-refractivity contribution in [2.45, 2.75) is 19.4 Å². The Morgan fingerprint density at radius 1 is 1.31 bits per heavy atom. The lowest BCUT2D eigenvalue weighted by atomic mass is 10.1. The van der Waals surface area contributed by atoms with Crippen LogP contribution in [0.1, 0.15) is 25.0 Å². The van der Waals surface area contributed by atoms with E-state index in [2.05, 4.69) is 0 Å². The van der Waals surface area contributed by atoms with E-state index in [-0.39, 0.29) is 6.61 Å². The summed E-state index contributed by atoms with van der Waals surface area (Å²) in [4.78, 5) is 0. The van der Waals surface area contributed by atoms with Crippen LogP contribution in [0.25, 0.3) is 0 Å². The van der Waals surface area contributed by atoms with Crippen LogP contribution in [0.4, 0.5) is 0 Å². The van der Waals surface area contributed by atoms with E-state index in [1.807, 2.05) is 6.92 Å². The van der Waals surface area contributed by atoms with Gasteiger partial charge in [-0.05, 0) is 24.6 Å². The van der Waals surface area contributed by atoms with Gasteiger partial charge in [-0.15, -0.1) is 0 Å². The van der Waals surface area contributed by atoms with Crippen LogP contribution in [0.3, 0.4) is 0 Å². The average Bonchev–Trinajstić information content (AvgIpc) is 2.30. The van der Waals surface area contributed by atoms with Crippen molar-refractivity contribution >= 4 is 0 Å². The Balaban J connectivity index is 2.89. The van der Waals surface area contributed by atoms with E-state index in [1.165, 1.54) is 0 Å². The number of ether oxygens (including phenoxy) is 2. The zero-order valence-electron chi connectivity index (χ0n) is 9.64. The third-order valence-corrected chi connectivity index (χ3v) is 2.27. The fourth-order valence-corrected chi connectivity index (χ4v) is 1.46. The molecule has 1 aromatic rings. The Labute approximate surface area is 95.4 Å². The molecular formula is C12H18O4. The van der Waals surface area contributed by atoms with Crippen LogP contribution in [0.15, 0.2) is 18.2 Å². The molecule has 4 nitrogen and oxygen atoms in total. The third kappa shape index (κ3) is 3.12. The summed E-state index contributed by atoms with van der Waals surface area (Å²) in [6.07, 6.45) is -0.355. The van der Waals surface area contributed by atoms with E-state index in [0.717, 1.165) is 0 Å². The molecular weight excluding hydrogens is 208 g/mol. The highest BCUT2D eigenvalue weighted by molar-refractivity contribution is 5.43. The molecule has 2 N–H and O–H groups in total. The summed E-state index contributed by atoms with van der Waals surface area (Å²) in [5.74, 6) is 1.25. The van der Waals surface area contributed by atoms with Gasteiger partial charge in [0.25, 0.3) is 0 Å². The van der Waals surface area contributed by atoms with Crippen LogP contribution in [0.5, 0.6) is 11.5 Å². The molecule has 0 heterocycles. The van der Waals surface area contributed by atoms with Crippen LogP contribution >= 0.6 is 0 Å². The number of hydrogen-bond donors (Lipinski definition) is 2. The van der Waals surface area contributed by atoms with Crippen LogP contribution < -0.4 is 9.47 Å². The summed E-state index contributed by atoms with van der Waals surface area (Å²) in [7, 11) is 1.56. The number of aliphatic hydroxyl groups excluding tert-OH is 2. The summed E-state index contributed by atoms with van der Waals surface area (Å²) < 4.78 is 10.5. The van der Waals surface area contributed by atoms with E-state index in [0.29, 0.717) is 30.1 Å². The van der Waals surface area contributed by atoms with Crippen molar-refractivity contribution in [1.82, 2.24) is 0 Å². The molecule has 0 bridgehead atoms. The van der Waals surface area contributed by atoms with E-state index in [4.69, 9.17) is 14.6 Å². The molecule has 0 spiro atoms. The second-order valence-corrected chi connectivity index (χ2v) is 3.37. The van der Waals surface area contributed by atoms with Gasteiger partial charge < -0.3 is 19.7 Å². The van der Waals surface area contributed by atoms with Crippen LogP contribution in [0, 0.1) is 0 Å². The molecule has 0 aliphatic heterocycles. The Kier molecular flexibility index (Phi) is 5.08. The van der Waals surface area contributed by atoms with Crippen molar-refractivity contribution in [3.05, 3.63) is 23.8 Å². The normalized spacial score (nSPS) is 12.2. The molecule has 1 unspecified atom stereocenters. The Morgan fingerprint density at radius 2 is 2.06 bits per heavy atom. The maximum Gasteiger partial charge on any atom is 0.161 e. The first kappa shape index (κ1) is 12.8. The number of methoxy groups -OCH3 is 1. The second-order valence-electron chi connectivity index (χ2n) is 3.37. The lowest BCUT2D eigenvalue weighted by molar-refractivity contribution is 0.134. The summed E-state index contributed by atoms with van der Waals surface area (Å²) in [5, 5.41) is 18.5. The van der Waals surface area contributed by atoms with Crippen molar-refractivity contribution < 1.29 is 19.7 Å². The topological polar surface area (TPSA) is 58.9 Å². The largest absolute Gasteiger partial charge is 0.493 e. The predicted molar refractivity (Wildman–Crippen MR) is 60.8 cm³/mol. The summed E-state index contributed by atoms with van der Waals surface area (Å²) in [6, 6.07) is 5.26. The minimum absolute atomic E-state index is 0.0449. The molecule has 1 atom stereocenters. The van der Waals surface area contributed by atoms with Crippen LogP contribution in [-0.2, 0) is 0 Å². The van der Waals surface area contributed by atoms with Crippen molar-refractivity contribution in [3.8, 4) is 11.5 Å². The number of hydrogen-bond acceptors (Lipinski definition) is 4. The van der Waals surface area contributed by atoms with Gasteiger partial charge in [0.2, 0.25) is 0 Å². The van der Waals surface area contributed by atoms with E-state index < -0.39 is 6.10 Å². The molecule has 4 heteroatoms. The number of rotatable bonds is 6. The standard InChI is InChI=1S/C12H18O4/c1-3-16-11-5-4-9(8-12(11)15-2)10(14)6-7-13/h4-5,8,10,13-14H,3,6-7H2,1-2H3. The second kappa shape index (κ2) is 6.35. The van der Waals surface area contributed by atoms with Crippen molar-refractivity contribution in [3.63, 3.8) is 0 Å². The minimum Gasteiger partial charge on any atom is -0.493 e. The summed E-state index contributed by atoms with van der Waals surface area (Å²) in [5.41, 5.74) is 0.717. The van der Waals surface area contributed by atoms with Crippen LogP contribution in [0.2, 0.25) is 0 Å². The number of aliphatic hydroxyl groups is 2. The molecule has 90 valence electrons. The molecule has 0 radical (unpaired) electrons. The van der Waals surface area contributed by atoms with Gasteiger partial charge in [0.1, 0.15) is 0 Å². The molecule has 0 aliphatic carbocycles. The zero-order chi connectivity index (χ0) is 12.0. The zero-order valence-corrected chi connectivity index (χ0v) is 9.64. The third-order valence-electron chi connectivity index (χ3n) is 2.27. The molecule has 16 heavy (non-hydrogen) atoms. The summed E-state index contributed by atoms with van der Waals surface area (Å²) in [6.45, 7) is 2.42. The fourth-order valence-electron chi connectivity index (χ4n) is 1.46. The molecule has 0 saturated carbocycles. The van der Waals surface area contributed by atoms with E-state index in [9.17, 15) is 5.11 Å². The highest BCUT2D eigenvalue weighted by atomic mass is 16.5. The number of benzene rings is 1. The fraction of sp³-hybridized carbons (Fsp3) is 0.500. The quantitative estimate of drug-likeness (QED) is 0.772. The van der Waals surface area contributed by atoms with Gasteiger partial charge >= 0.3 is 0 Å². The Bertz CT molecular complexity index is 325. The first-order valence-corrected chi connectivity index (χ1v) is 5.32. The Hall–Kier alpha value is -1.26. The SMILES string of the molecule is CCOc1ccc(C(O)CCO)cc1OC. The molecule has 0 saturated heterocycles. The molecule has 1 aromatic carbocycles. The van der Waals surface area contributed by atoms with Gasteiger partial charge in [0.15, 0.2) is 11.5 Å². The van der Waals surface area contributed by atoms with Gasteiger partial charge in [0, 0.05) is 13.0 Å². The summed E-state index contributed by atoms with van der Waals surface area (Å²) >= 11 is 0. The van der Waals surface area contributed by atoms with E-state index >= 15 is 0 Å². The van der Waals surface area contributed by atoms with Crippen molar-refractivity contribution in [1.29, 1.82) is 0 Å². The molecule has 1 rings (SSSR count). The molecule has 0 fully saturated rings. The van der Waals surface area contributed by atoms with Gasteiger partial charge in [0.05, 0.1) is 19.8 Å². The van der Waals surface area contributed by atoms with E-state index in [1.54, 1.807) is 25.3 Å². The highest BCUT2D eigenvalue weighted by Crippen LogP contribution is 2.30. The van der Waals surface area contributed by atoms with Crippen LogP contribution in [-0.4, -0.2) is 30.5 Å². The maximum atomic E-state index is 9.70. The highest BCUT2D eigenvalue weighted by Gasteiger charge is 2.11. The van der Waals surface area contributed by atoms with Gasteiger partial charge in [-0.3, -0.25) is 0 Å². The van der Waals surface area contributed by atoms with Gasteiger partial charge in [-0.25, -0.2) is 0 Å². The monoisotopic (exact) mass is 226 g/mol. The minimum atomic E-state index is -0.672. The van der Waals surface area contributed by atoms with Crippen molar-refractivity contribution in [2.24, 2.45) is 0 Å². The Morgan fingerprint density at radius 3 is 2.62 bits per heavy atom. The smallest absolute Gasteiger partial charge is 0.161 e. The lowest BCUT2D eigenvalue weighted by Crippen LogP contribution is -2.02. The predicted octanol–water partition coefficient (Wildman–Crippen LogP) is 1.51. The molecule has 0 amide bonds. The maximum absolute atomic E-state index is 9.70. The first-order chi connectivity index (χ1) is 7.72. The molecule has 0 aliphatic rings. The van der Waals surface area contributed by atoms with Gasteiger partial charge in [-0.2, -0.15) is 0 Å². The van der Waals surface area contributed by atoms with Crippen molar-refractivity contribution in [2.75, 3.05) is 20.3 Å². The molecule has 0 aromatic heterocycles.